The molecule has 2 aromatic rings. The van der Waals surface area contributed by atoms with E-state index in [-0.39, 0.29) is 18.3 Å². The van der Waals surface area contributed by atoms with Crippen LogP contribution in [0.4, 0.5) is 5.69 Å². The van der Waals surface area contributed by atoms with Crippen molar-refractivity contribution >= 4 is 36.2 Å². The van der Waals surface area contributed by atoms with Gasteiger partial charge in [-0.25, -0.2) is 0 Å². The fourth-order valence-electron chi connectivity index (χ4n) is 3.59. The molecular weight excluding hydrogens is 352 g/mol. The zero-order valence-corrected chi connectivity index (χ0v) is 15.4. The maximum absolute atomic E-state index is 11.8. The lowest BCUT2D eigenvalue weighted by atomic mass is 9.99. The summed E-state index contributed by atoms with van der Waals surface area (Å²) in [6, 6.07) is 7.90. The first kappa shape index (κ1) is 18.6. The molecule has 7 heteroatoms. The highest BCUT2D eigenvalue weighted by Gasteiger charge is 2.35. The van der Waals surface area contributed by atoms with Gasteiger partial charge in [0.1, 0.15) is 0 Å². The van der Waals surface area contributed by atoms with Gasteiger partial charge in [-0.1, -0.05) is 30.1 Å². The van der Waals surface area contributed by atoms with Crippen LogP contribution in [0.5, 0.6) is 0 Å². The van der Waals surface area contributed by atoms with Gasteiger partial charge in [-0.15, -0.1) is 12.4 Å². The number of benzene rings is 1. The van der Waals surface area contributed by atoms with Crippen molar-refractivity contribution in [2.45, 2.75) is 44.1 Å². The Morgan fingerprint density at radius 2 is 1.85 bits per heavy atom. The van der Waals surface area contributed by atoms with E-state index in [0.717, 1.165) is 49.9 Å². The Hall–Kier alpha value is -2.18. The first-order chi connectivity index (χ1) is 12.1. The van der Waals surface area contributed by atoms with Crippen molar-refractivity contribution in [3.8, 4) is 0 Å². The number of halogens is 1. The summed E-state index contributed by atoms with van der Waals surface area (Å²) in [5, 5.41) is 4.05. The molecule has 0 spiro atoms. The second-order valence-corrected chi connectivity index (χ2v) is 6.89. The van der Waals surface area contributed by atoms with E-state index in [4.69, 9.17) is 10.3 Å². The predicted octanol–water partition coefficient (Wildman–Crippen LogP) is 3.52. The van der Waals surface area contributed by atoms with E-state index >= 15 is 0 Å². The SMILES string of the molecule is Cl.NC1(c2noc(/C=C/c3ccc(N4CCCC4=O)cc3)n2)CCCC1. The number of hydrogen-bond donors (Lipinski definition) is 1. The zero-order valence-electron chi connectivity index (χ0n) is 14.6. The summed E-state index contributed by atoms with van der Waals surface area (Å²) in [7, 11) is 0. The molecule has 0 bridgehead atoms. The molecule has 6 nitrogen and oxygen atoms in total. The van der Waals surface area contributed by atoms with Crippen LogP contribution in [-0.2, 0) is 10.3 Å². The van der Waals surface area contributed by atoms with Crippen LogP contribution in [0.3, 0.4) is 0 Å². The highest BCUT2D eigenvalue weighted by atomic mass is 35.5. The average molecular weight is 375 g/mol. The van der Waals surface area contributed by atoms with Crippen LogP contribution in [0, 0.1) is 0 Å². The van der Waals surface area contributed by atoms with Gasteiger partial charge in [0, 0.05) is 24.7 Å². The predicted molar refractivity (Wildman–Crippen MR) is 103 cm³/mol. The number of anilines is 1. The molecule has 1 aliphatic carbocycles. The van der Waals surface area contributed by atoms with E-state index in [2.05, 4.69) is 10.1 Å². The molecule has 4 rings (SSSR count). The second kappa shape index (κ2) is 7.60. The van der Waals surface area contributed by atoms with Crippen molar-refractivity contribution in [2.24, 2.45) is 5.73 Å². The Morgan fingerprint density at radius 1 is 1.12 bits per heavy atom. The van der Waals surface area contributed by atoms with Crippen LogP contribution < -0.4 is 10.6 Å². The fourth-order valence-corrected chi connectivity index (χ4v) is 3.59. The molecule has 1 aromatic carbocycles. The molecule has 1 aliphatic heterocycles. The molecule has 1 aromatic heterocycles. The standard InChI is InChI=1S/C19H22N4O2.ClH/c20-19(11-1-2-12-19)18-21-16(25-22-18)10-7-14-5-8-15(9-6-14)23-13-3-4-17(23)24;/h5-10H,1-4,11-13,20H2;1H/b10-7+;. The van der Waals surface area contributed by atoms with Crippen LogP contribution in [0.1, 0.15) is 55.8 Å². The Labute approximate surface area is 158 Å². The van der Waals surface area contributed by atoms with E-state index in [0.29, 0.717) is 18.1 Å². The van der Waals surface area contributed by atoms with E-state index < -0.39 is 5.54 Å². The monoisotopic (exact) mass is 374 g/mol. The highest BCUT2D eigenvalue weighted by Crippen LogP contribution is 2.34. The second-order valence-electron chi connectivity index (χ2n) is 6.89. The fraction of sp³-hybridized carbons (Fsp3) is 0.421. The normalized spacial score (nSPS) is 19.3. The molecule has 0 atom stereocenters. The van der Waals surface area contributed by atoms with Crippen LogP contribution in [0.15, 0.2) is 28.8 Å². The number of hydrogen-bond acceptors (Lipinski definition) is 5. The van der Waals surface area contributed by atoms with E-state index in [1.54, 1.807) is 6.08 Å². The van der Waals surface area contributed by atoms with Crippen LogP contribution >= 0.6 is 12.4 Å². The zero-order chi connectivity index (χ0) is 17.3. The summed E-state index contributed by atoms with van der Waals surface area (Å²) in [5.41, 5.74) is 7.88. The summed E-state index contributed by atoms with van der Waals surface area (Å²) in [6.45, 7) is 0.805. The van der Waals surface area contributed by atoms with Crippen molar-refractivity contribution in [3.05, 3.63) is 41.5 Å². The lowest BCUT2D eigenvalue weighted by Gasteiger charge is -2.17. The third kappa shape index (κ3) is 3.66. The number of nitrogens with zero attached hydrogens (tertiary/aromatic N) is 3. The Kier molecular flexibility index (Phi) is 5.44. The minimum absolute atomic E-state index is 0. The maximum Gasteiger partial charge on any atom is 0.250 e. The molecule has 138 valence electrons. The van der Waals surface area contributed by atoms with Gasteiger partial charge in [0.2, 0.25) is 5.91 Å². The first-order valence-corrected chi connectivity index (χ1v) is 8.86. The lowest BCUT2D eigenvalue weighted by Crippen LogP contribution is -2.34. The molecule has 2 aliphatic rings. The van der Waals surface area contributed by atoms with Gasteiger partial charge in [0.25, 0.3) is 5.89 Å². The van der Waals surface area contributed by atoms with Gasteiger partial charge in [-0.3, -0.25) is 4.79 Å². The van der Waals surface area contributed by atoms with Crippen LogP contribution in [0.25, 0.3) is 12.2 Å². The maximum atomic E-state index is 11.8. The van der Waals surface area contributed by atoms with Crippen molar-refractivity contribution in [2.75, 3.05) is 11.4 Å². The van der Waals surface area contributed by atoms with Crippen molar-refractivity contribution in [3.63, 3.8) is 0 Å². The van der Waals surface area contributed by atoms with Gasteiger partial charge in [-0.2, -0.15) is 4.98 Å². The van der Waals surface area contributed by atoms with E-state index in [9.17, 15) is 4.79 Å². The number of amides is 1. The number of rotatable bonds is 4. The van der Waals surface area contributed by atoms with E-state index in [1.807, 2.05) is 35.2 Å². The summed E-state index contributed by atoms with van der Waals surface area (Å²) in [5.74, 6) is 1.27. The number of aromatic nitrogens is 2. The topological polar surface area (TPSA) is 85.2 Å². The Morgan fingerprint density at radius 3 is 2.50 bits per heavy atom. The molecule has 0 unspecified atom stereocenters. The van der Waals surface area contributed by atoms with Crippen molar-refractivity contribution < 1.29 is 9.32 Å². The van der Waals surface area contributed by atoms with Gasteiger partial charge >= 0.3 is 0 Å². The molecule has 26 heavy (non-hydrogen) atoms. The summed E-state index contributed by atoms with van der Waals surface area (Å²) in [6.07, 6.45) is 9.34. The number of carbonyl (C=O) groups is 1. The van der Waals surface area contributed by atoms with Crippen LogP contribution in [0.2, 0.25) is 0 Å². The number of nitrogens with two attached hydrogens (primary N) is 1. The van der Waals surface area contributed by atoms with Crippen LogP contribution in [-0.4, -0.2) is 22.6 Å². The molecule has 2 fully saturated rings. The molecular formula is C19H23ClN4O2. The lowest BCUT2D eigenvalue weighted by molar-refractivity contribution is -0.117. The summed E-state index contributed by atoms with van der Waals surface area (Å²) >= 11 is 0. The molecule has 1 saturated heterocycles. The van der Waals surface area contributed by atoms with Crippen molar-refractivity contribution in [1.29, 1.82) is 0 Å². The molecule has 2 heterocycles. The first-order valence-electron chi connectivity index (χ1n) is 8.86. The quantitative estimate of drug-likeness (QED) is 0.884. The molecule has 1 amide bonds. The number of carbonyl (C=O) groups excluding carboxylic acids is 1. The van der Waals surface area contributed by atoms with Gasteiger partial charge in [-0.05, 0) is 43.0 Å². The Balaban J connectivity index is 0.00000196. The smallest absolute Gasteiger partial charge is 0.250 e. The summed E-state index contributed by atoms with van der Waals surface area (Å²) in [4.78, 5) is 18.0. The van der Waals surface area contributed by atoms with Gasteiger partial charge < -0.3 is 15.2 Å². The minimum atomic E-state index is -0.431. The third-order valence-corrected chi connectivity index (χ3v) is 5.08. The van der Waals surface area contributed by atoms with Gasteiger partial charge in [0.05, 0.1) is 5.54 Å². The van der Waals surface area contributed by atoms with E-state index in [1.165, 1.54) is 0 Å². The highest BCUT2D eigenvalue weighted by molar-refractivity contribution is 5.95. The molecule has 2 N–H and O–H groups in total. The largest absolute Gasteiger partial charge is 0.335 e. The minimum Gasteiger partial charge on any atom is -0.335 e. The van der Waals surface area contributed by atoms with Gasteiger partial charge in [0.15, 0.2) is 5.82 Å². The summed E-state index contributed by atoms with van der Waals surface area (Å²) < 4.78 is 5.30. The molecule has 0 radical (unpaired) electrons. The molecule has 1 saturated carbocycles. The van der Waals surface area contributed by atoms with Crippen molar-refractivity contribution in [1.82, 2.24) is 10.1 Å². The third-order valence-electron chi connectivity index (χ3n) is 5.08. The Bertz CT molecular complexity index is 794. The average Bonchev–Trinajstić information content (AvgIpc) is 3.35.